The van der Waals surface area contributed by atoms with Crippen molar-refractivity contribution in [3.63, 3.8) is 0 Å². The molecule has 0 radical (unpaired) electrons. The lowest BCUT2D eigenvalue weighted by atomic mass is 10.2. The molecule has 92 valence electrons. The van der Waals surface area contributed by atoms with Crippen LogP contribution < -0.4 is 9.64 Å². The summed E-state index contributed by atoms with van der Waals surface area (Å²) in [5.74, 6) is 0.131. The predicted octanol–water partition coefficient (Wildman–Crippen LogP) is -0.529. The van der Waals surface area contributed by atoms with Crippen molar-refractivity contribution < 1.29 is 24.9 Å². The van der Waals surface area contributed by atoms with Crippen molar-refractivity contribution in [3.8, 4) is 11.5 Å². The van der Waals surface area contributed by atoms with Gasteiger partial charge in [0, 0.05) is 6.07 Å². The lowest BCUT2D eigenvalue weighted by Gasteiger charge is -2.30. The van der Waals surface area contributed by atoms with Gasteiger partial charge in [-0.25, -0.2) is 0 Å². The number of carbonyl (C=O) groups is 1. The van der Waals surface area contributed by atoms with E-state index in [-0.39, 0.29) is 24.8 Å². The minimum Gasteiger partial charge on any atom is -0.508 e. The quantitative estimate of drug-likeness (QED) is 0.659. The predicted molar refractivity (Wildman–Crippen MR) is 59.0 cm³/mol. The average Bonchev–Trinajstić information content (AvgIpc) is 2.32. The number of carbonyl (C=O) groups excluding carboxylic acids is 1. The van der Waals surface area contributed by atoms with E-state index in [1.807, 2.05) is 0 Å². The molecule has 1 unspecified atom stereocenters. The van der Waals surface area contributed by atoms with Crippen molar-refractivity contribution in [3.05, 3.63) is 18.2 Å². The molecule has 0 bridgehead atoms. The van der Waals surface area contributed by atoms with Gasteiger partial charge in [0.15, 0.2) is 6.61 Å². The zero-order valence-corrected chi connectivity index (χ0v) is 9.04. The fourth-order valence-corrected chi connectivity index (χ4v) is 1.66. The number of nitrogens with zero attached hydrogens (tertiary/aromatic N) is 1. The van der Waals surface area contributed by atoms with Gasteiger partial charge in [0.1, 0.15) is 11.5 Å². The van der Waals surface area contributed by atoms with Gasteiger partial charge in [-0.05, 0) is 12.1 Å². The number of amides is 1. The van der Waals surface area contributed by atoms with E-state index in [9.17, 15) is 15.0 Å². The van der Waals surface area contributed by atoms with Crippen LogP contribution in [0.1, 0.15) is 0 Å². The second-order valence-corrected chi connectivity index (χ2v) is 3.78. The number of aliphatic hydroxyl groups excluding tert-OH is 2. The van der Waals surface area contributed by atoms with Crippen molar-refractivity contribution in [1.82, 2.24) is 0 Å². The summed E-state index contributed by atoms with van der Waals surface area (Å²) in [4.78, 5) is 13.0. The normalized spacial score (nSPS) is 16.4. The summed E-state index contributed by atoms with van der Waals surface area (Å²) < 4.78 is 5.17. The number of phenols is 1. The van der Waals surface area contributed by atoms with E-state index in [0.717, 1.165) is 0 Å². The number of ether oxygens (including phenoxy) is 1. The van der Waals surface area contributed by atoms with E-state index in [2.05, 4.69) is 0 Å². The fraction of sp³-hybridized carbons (Fsp3) is 0.364. The number of rotatable bonds is 3. The molecule has 0 spiro atoms. The van der Waals surface area contributed by atoms with Crippen molar-refractivity contribution in [2.45, 2.75) is 6.10 Å². The summed E-state index contributed by atoms with van der Waals surface area (Å²) in [7, 11) is 0. The van der Waals surface area contributed by atoms with E-state index in [4.69, 9.17) is 9.84 Å². The summed E-state index contributed by atoms with van der Waals surface area (Å²) >= 11 is 0. The molecule has 0 saturated carbocycles. The largest absolute Gasteiger partial charge is 0.508 e. The number of aromatic hydroxyl groups is 1. The Labute approximate surface area is 97.7 Å². The highest BCUT2D eigenvalue weighted by atomic mass is 16.5. The molecule has 1 atom stereocenters. The van der Waals surface area contributed by atoms with Gasteiger partial charge in [0.25, 0.3) is 5.91 Å². The van der Waals surface area contributed by atoms with E-state index in [0.29, 0.717) is 11.4 Å². The zero-order valence-electron chi connectivity index (χ0n) is 9.04. The topological polar surface area (TPSA) is 90.2 Å². The highest BCUT2D eigenvalue weighted by molar-refractivity contribution is 5.98. The Balaban J connectivity index is 2.30. The number of benzene rings is 1. The molecule has 0 fully saturated rings. The van der Waals surface area contributed by atoms with E-state index >= 15 is 0 Å². The first-order valence-electron chi connectivity index (χ1n) is 5.17. The van der Waals surface area contributed by atoms with Gasteiger partial charge in [-0.1, -0.05) is 0 Å². The van der Waals surface area contributed by atoms with Gasteiger partial charge in [-0.2, -0.15) is 0 Å². The number of fused-ring (bicyclic) bond motifs is 1. The number of hydrogen-bond acceptors (Lipinski definition) is 5. The van der Waals surface area contributed by atoms with Crippen molar-refractivity contribution >= 4 is 11.6 Å². The number of aliphatic hydroxyl groups is 2. The van der Waals surface area contributed by atoms with Gasteiger partial charge in [0.2, 0.25) is 0 Å². The third kappa shape index (κ3) is 2.32. The van der Waals surface area contributed by atoms with E-state index < -0.39 is 12.7 Å². The number of β-amino-alcohol motifs (C(OH)–C–C–N with tert-alkyl or cyclic N) is 1. The zero-order chi connectivity index (χ0) is 12.4. The maximum absolute atomic E-state index is 11.6. The molecule has 6 heteroatoms. The van der Waals surface area contributed by atoms with Crippen LogP contribution in [0.5, 0.6) is 11.5 Å². The van der Waals surface area contributed by atoms with Crippen LogP contribution in [0.3, 0.4) is 0 Å². The van der Waals surface area contributed by atoms with Crippen LogP contribution in [0.25, 0.3) is 0 Å². The first-order valence-corrected chi connectivity index (χ1v) is 5.17. The summed E-state index contributed by atoms with van der Waals surface area (Å²) in [6.07, 6.45) is -1.00. The van der Waals surface area contributed by atoms with E-state index in [1.165, 1.54) is 23.1 Å². The molecule has 17 heavy (non-hydrogen) atoms. The van der Waals surface area contributed by atoms with Crippen molar-refractivity contribution in [2.75, 3.05) is 24.7 Å². The van der Waals surface area contributed by atoms with Crippen LogP contribution in [0.4, 0.5) is 5.69 Å². The molecular weight excluding hydrogens is 226 g/mol. The van der Waals surface area contributed by atoms with Gasteiger partial charge in [-0.3, -0.25) is 4.79 Å². The molecule has 1 aromatic rings. The molecule has 0 aromatic heterocycles. The maximum atomic E-state index is 11.6. The van der Waals surface area contributed by atoms with Crippen LogP contribution >= 0.6 is 0 Å². The monoisotopic (exact) mass is 239 g/mol. The first kappa shape index (κ1) is 11.7. The molecule has 1 aliphatic heterocycles. The van der Waals surface area contributed by atoms with Crippen molar-refractivity contribution in [2.24, 2.45) is 0 Å². The smallest absolute Gasteiger partial charge is 0.265 e. The van der Waals surface area contributed by atoms with Gasteiger partial charge in [0.05, 0.1) is 24.9 Å². The summed E-state index contributed by atoms with van der Waals surface area (Å²) in [5, 5.41) is 27.5. The Morgan fingerprint density at radius 1 is 1.47 bits per heavy atom. The molecule has 1 amide bonds. The minimum atomic E-state index is -1.00. The molecule has 6 nitrogen and oxygen atoms in total. The summed E-state index contributed by atoms with van der Waals surface area (Å²) in [6, 6.07) is 4.37. The number of phenolic OH excluding ortho intramolecular Hbond substituents is 1. The molecule has 0 aliphatic carbocycles. The second-order valence-electron chi connectivity index (χ2n) is 3.78. The number of hydrogen-bond donors (Lipinski definition) is 3. The highest BCUT2D eigenvalue weighted by Crippen LogP contribution is 2.34. The van der Waals surface area contributed by atoms with Gasteiger partial charge in [-0.15, -0.1) is 0 Å². The Morgan fingerprint density at radius 3 is 2.94 bits per heavy atom. The molecule has 3 N–H and O–H groups in total. The Kier molecular flexibility index (Phi) is 3.16. The van der Waals surface area contributed by atoms with Gasteiger partial charge < -0.3 is 25.0 Å². The van der Waals surface area contributed by atoms with Gasteiger partial charge >= 0.3 is 0 Å². The van der Waals surface area contributed by atoms with Crippen LogP contribution in [0.15, 0.2) is 18.2 Å². The number of anilines is 1. The summed E-state index contributed by atoms with van der Waals surface area (Å²) in [6.45, 7) is -0.566. The lowest BCUT2D eigenvalue weighted by Crippen LogP contribution is -2.44. The Morgan fingerprint density at radius 2 is 2.24 bits per heavy atom. The van der Waals surface area contributed by atoms with Crippen LogP contribution in [0, 0.1) is 0 Å². The molecular formula is C11H13NO5. The molecule has 2 rings (SSSR count). The molecule has 1 aromatic carbocycles. The first-order chi connectivity index (χ1) is 8.11. The Bertz CT molecular complexity index is 434. The molecule has 0 saturated heterocycles. The average molecular weight is 239 g/mol. The fourth-order valence-electron chi connectivity index (χ4n) is 1.66. The van der Waals surface area contributed by atoms with Crippen LogP contribution in [0.2, 0.25) is 0 Å². The molecule has 1 heterocycles. The van der Waals surface area contributed by atoms with Crippen molar-refractivity contribution in [1.29, 1.82) is 0 Å². The summed E-state index contributed by atoms with van der Waals surface area (Å²) in [5.41, 5.74) is 0.478. The highest BCUT2D eigenvalue weighted by Gasteiger charge is 2.27. The molecule has 1 aliphatic rings. The lowest BCUT2D eigenvalue weighted by molar-refractivity contribution is -0.121. The third-order valence-corrected chi connectivity index (χ3v) is 2.49. The minimum absolute atomic E-state index is 0.00350. The van der Waals surface area contributed by atoms with E-state index in [1.54, 1.807) is 0 Å². The SMILES string of the molecule is O=C1COc2cc(O)ccc2N1CC(O)CO. The standard InChI is InChI=1S/C11H13NO5/c13-5-8(15)4-12-9-2-1-7(14)3-10(9)17-6-11(12)16/h1-3,8,13-15H,4-6H2. The maximum Gasteiger partial charge on any atom is 0.265 e. The second kappa shape index (κ2) is 4.60. The van der Waals surface area contributed by atoms with Crippen LogP contribution in [-0.4, -0.2) is 47.1 Å². The van der Waals surface area contributed by atoms with Crippen LogP contribution in [-0.2, 0) is 4.79 Å². The Hall–Kier alpha value is -1.79. The third-order valence-electron chi connectivity index (χ3n) is 2.49.